The molecule has 1 atom stereocenters. The Balaban J connectivity index is 2.34. The number of nitrogens with one attached hydrogen (secondary N) is 2. The lowest BCUT2D eigenvalue weighted by atomic mass is 10.1. The van der Waals surface area contributed by atoms with Gasteiger partial charge in [-0.15, -0.1) is 0 Å². The smallest absolute Gasteiger partial charge is 0.328 e. The van der Waals surface area contributed by atoms with E-state index in [1.165, 1.54) is 0 Å². The number of nitrogens with zero attached hydrogens (tertiary/aromatic N) is 1. The van der Waals surface area contributed by atoms with E-state index in [4.69, 9.17) is 5.11 Å². The molecule has 19 heavy (non-hydrogen) atoms. The second-order valence-electron chi connectivity index (χ2n) is 4.37. The molecular weight excluding hydrogens is 250 g/mol. The summed E-state index contributed by atoms with van der Waals surface area (Å²) in [5.41, 5.74) is 0. The summed E-state index contributed by atoms with van der Waals surface area (Å²) in [6.07, 6.45) is 3.37. The molecule has 106 valence electrons. The number of likely N-dealkylation sites (tertiary alicyclic amines) is 1. The highest BCUT2D eigenvalue weighted by molar-refractivity contribution is 6.02. The van der Waals surface area contributed by atoms with E-state index < -0.39 is 17.9 Å². The third-order valence-electron chi connectivity index (χ3n) is 2.90. The summed E-state index contributed by atoms with van der Waals surface area (Å²) in [4.78, 5) is 35.1. The summed E-state index contributed by atoms with van der Waals surface area (Å²) in [5, 5.41) is 13.1. The minimum absolute atomic E-state index is 0.0185. The van der Waals surface area contributed by atoms with E-state index in [2.05, 4.69) is 22.5 Å². The number of rotatable bonds is 4. The van der Waals surface area contributed by atoms with Gasteiger partial charge in [-0.2, -0.15) is 0 Å². The van der Waals surface area contributed by atoms with E-state index in [1.54, 1.807) is 0 Å². The molecule has 0 radical (unpaired) electrons. The minimum atomic E-state index is -1.23. The Morgan fingerprint density at radius 3 is 2.74 bits per heavy atom. The number of urea groups is 1. The number of likely N-dealkylation sites (N-methyl/N-ethyl adjacent to an activating group) is 1. The van der Waals surface area contributed by atoms with Gasteiger partial charge in [0.25, 0.3) is 5.91 Å². The zero-order valence-corrected chi connectivity index (χ0v) is 10.9. The van der Waals surface area contributed by atoms with Gasteiger partial charge in [0.1, 0.15) is 0 Å². The van der Waals surface area contributed by atoms with Crippen molar-refractivity contribution in [3.63, 3.8) is 0 Å². The van der Waals surface area contributed by atoms with Crippen LogP contribution in [0.1, 0.15) is 19.8 Å². The van der Waals surface area contributed by atoms with Crippen LogP contribution in [0.2, 0.25) is 0 Å². The zero-order chi connectivity index (χ0) is 14.3. The number of hydrogen-bond acceptors (Lipinski definition) is 4. The highest BCUT2D eigenvalue weighted by atomic mass is 16.4. The molecule has 1 aliphatic heterocycles. The Morgan fingerprint density at radius 1 is 1.37 bits per heavy atom. The van der Waals surface area contributed by atoms with Crippen LogP contribution >= 0.6 is 0 Å². The van der Waals surface area contributed by atoms with Gasteiger partial charge in [0.2, 0.25) is 0 Å². The summed E-state index contributed by atoms with van der Waals surface area (Å²) in [6, 6.07) is -0.576. The van der Waals surface area contributed by atoms with Gasteiger partial charge >= 0.3 is 12.0 Å². The van der Waals surface area contributed by atoms with Crippen molar-refractivity contribution in [2.45, 2.75) is 25.8 Å². The van der Waals surface area contributed by atoms with Gasteiger partial charge in [0.15, 0.2) is 0 Å². The van der Waals surface area contributed by atoms with E-state index in [-0.39, 0.29) is 6.04 Å². The fourth-order valence-electron chi connectivity index (χ4n) is 1.98. The maximum absolute atomic E-state index is 11.5. The maximum atomic E-state index is 11.5. The average Bonchev–Trinajstić information content (AvgIpc) is 2.36. The Hall–Kier alpha value is -1.89. The number of piperidine rings is 1. The zero-order valence-electron chi connectivity index (χ0n) is 10.9. The lowest BCUT2D eigenvalue weighted by Gasteiger charge is -2.32. The number of amides is 3. The first-order valence-electron chi connectivity index (χ1n) is 6.26. The first kappa shape index (κ1) is 15.2. The van der Waals surface area contributed by atoms with Crippen LogP contribution in [0.15, 0.2) is 12.2 Å². The van der Waals surface area contributed by atoms with E-state index in [9.17, 15) is 14.4 Å². The third kappa shape index (κ3) is 6.01. The van der Waals surface area contributed by atoms with Gasteiger partial charge in [-0.05, 0) is 25.9 Å². The molecule has 0 saturated carbocycles. The summed E-state index contributed by atoms with van der Waals surface area (Å²) in [7, 11) is 0. The van der Waals surface area contributed by atoms with Crippen LogP contribution in [0, 0.1) is 0 Å². The van der Waals surface area contributed by atoms with Gasteiger partial charge in [0, 0.05) is 24.7 Å². The van der Waals surface area contributed by atoms with Crippen molar-refractivity contribution >= 4 is 17.9 Å². The number of carbonyl (C=O) groups excluding carboxylic acids is 2. The molecule has 3 N–H and O–H groups in total. The fourth-order valence-corrected chi connectivity index (χ4v) is 1.98. The molecule has 0 aliphatic carbocycles. The molecule has 0 bridgehead atoms. The monoisotopic (exact) mass is 269 g/mol. The standard InChI is InChI=1S/C12H19N3O4/c1-2-15-7-3-4-9(8-15)13-12(19)14-10(16)5-6-11(17)18/h5-6,9H,2-4,7-8H2,1H3,(H,17,18)(H2,13,14,16,19). The second kappa shape index (κ2) is 7.52. The van der Waals surface area contributed by atoms with Gasteiger partial charge in [-0.3, -0.25) is 10.1 Å². The summed E-state index contributed by atoms with van der Waals surface area (Å²) in [6.45, 7) is 4.78. The quantitative estimate of drug-likeness (QED) is 0.621. The normalized spacial score (nSPS) is 20.2. The predicted octanol–water partition coefficient (Wildman–Crippen LogP) is -0.0627. The van der Waals surface area contributed by atoms with E-state index in [0.29, 0.717) is 6.08 Å². The molecule has 1 rings (SSSR count). The summed E-state index contributed by atoms with van der Waals surface area (Å²) >= 11 is 0. The van der Waals surface area contributed by atoms with Crippen LogP contribution in [0.4, 0.5) is 4.79 Å². The Bertz CT molecular complexity index is 381. The number of aliphatic carboxylic acids is 1. The van der Waals surface area contributed by atoms with E-state index >= 15 is 0 Å². The molecule has 7 heteroatoms. The van der Waals surface area contributed by atoms with E-state index in [1.807, 2.05) is 0 Å². The van der Waals surface area contributed by atoms with Crippen LogP contribution in [-0.4, -0.2) is 53.6 Å². The molecule has 1 fully saturated rings. The third-order valence-corrected chi connectivity index (χ3v) is 2.90. The second-order valence-corrected chi connectivity index (χ2v) is 4.37. The molecule has 0 aromatic rings. The number of hydrogen-bond donors (Lipinski definition) is 3. The number of carboxylic acid groups (broad SMARTS) is 1. The van der Waals surface area contributed by atoms with Crippen LogP contribution in [0.5, 0.6) is 0 Å². The van der Waals surface area contributed by atoms with Gasteiger partial charge in [-0.25, -0.2) is 9.59 Å². The molecular formula is C12H19N3O4. The number of carboxylic acids is 1. The van der Waals surface area contributed by atoms with E-state index in [0.717, 1.165) is 38.6 Å². The van der Waals surface area contributed by atoms with Crippen LogP contribution in [0.25, 0.3) is 0 Å². The van der Waals surface area contributed by atoms with Gasteiger partial charge in [0.05, 0.1) is 0 Å². The molecule has 1 aliphatic rings. The summed E-state index contributed by atoms with van der Waals surface area (Å²) in [5.74, 6) is -1.98. The average molecular weight is 269 g/mol. The lowest BCUT2D eigenvalue weighted by molar-refractivity contribution is -0.131. The lowest BCUT2D eigenvalue weighted by Crippen LogP contribution is -2.51. The molecule has 3 amide bonds. The van der Waals surface area contributed by atoms with Crippen molar-refractivity contribution in [1.82, 2.24) is 15.5 Å². The van der Waals surface area contributed by atoms with Crippen molar-refractivity contribution < 1.29 is 19.5 Å². The SMILES string of the molecule is CCN1CCCC(NC(=O)NC(=O)C=CC(=O)O)C1. The maximum Gasteiger partial charge on any atom is 0.328 e. The van der Waals surface area contributed by atoms with Crippen LogP contribution in [0.3, 0.4) is 0 Å². The molecule has 0 aromatic heterocycles. The highest BCUT2D eigenvalue weighted by Crippen LogP contribution is 2.09. The molecule has 1 heterocycles. The largest absolute Gasteiger partial charge is 0.478 e. The molecule has 0 spiro atoms. The highest BCUT2D eigenvalue weighted by Gasteiger charge is 2.20. The van der Waals surface area contributed by atoms with Crippen LogP contribution < -0.4 is 10.6 Å². The summed E-state index contributed by atoms with van der Waals surface area (Å²) < 4.78 is 0. The predicted molar refractivity (Wildman–Crippen MR) is 68.6 cm³/mol. The molecule has 0 aromatic carbocycles. The Morgan fingerprint density at radius 2 is 2.11 bits per heavy atom. The minimum Gasteiger partial charge on any atom is -0.478 e. The van der Waals surface area contributed by atoms with Crippen LogP contribution in [-0.2, 0) is 9.59 Å². The topological polar surface area (TPSA) is 98.7 Å². The van der Waals surface area contributed by atoms with Crippen molar-refractivity contribution in [2.24, 2.45) is 0 Å². The van der Waals surface area contributed by atoms with Crippen molar-refractivity contribution in [2.75, 3.05) is 19.6 Å². The van der Waals surface area contributed by atoms with Gasteiger partial charge in [-0.1, -0.05) is 6.92 Å². The van der Waals surface area contributed by atoms with Crippen molar-refractivity contribution in [3.8, 4) is 0 Å². The Kier molecular flexibility index (Phi) is 6.01. The first-order chi connectivity index (χ1) is 9.01. The number of carbonyl (C=O) groups is 3. The van der Waals surface area contributed by atoms with Gasteiger partial charge < -0.3 is 15.3 Å². The molecule has 7 nitrogen and oxygen atoms in total. The molecule has 1 saturated heterocycles. The molecule has 1 unspecified atom stereocenters. The van der Waals surface area contributed by atoms with Crippen molar-refractivity contribution in [3.05, 3.63) is 12.2 Å². The fraction of sp³-hybridized carbons (Fsp3) is 0.583. The number of imide groups is 1. The van der Waals surface area contributed by atoms with Crippen molar-refractivity contribution in [1.29, 1.82) is 0 Å². The first-order valence-corrected chi connectivity index (χ1v) is 6.26. The Labute approximate surface area is 111 Å².